The molecule has 0 saturated heterocycles. The van der Waals surface area contributed by atoms with Gasteiger partial charge in [0.2, 0.25) is 0 Å². The molecule has 0 spiro atoms. The van der Waals surface area contributed by atoms with Crippen molar-refractivity contribution in [1.82, 2.24) is 4.90 Å². The average Bonchev–Trinajstić information content (AvgIpc) is 2.33. The smallest absolute Gasteiger partial charge is 0.184 e. The third kappa shape index (κ3) is 4.89. The molecule has 1 aromatic carbocycles. The highest BCUT2D eigenvalue weighted by atomic mass is 16.5. The molecule has 5 heteroatoms. The standard InChI is InChI=1S/C14H21NO4/c1-4-18-8-9-19-13-7-5-6-11(16)14(13)12(17)10-15(2)3/h5-7,16H,4,8-10H2,1-3H3. The molecule has 0 fully saturated rings. The third-order valence-corrected chi connectivity index (χ3v) is 2.43. The third-order valence-electron chi connectivity index (χ3n) is 2.43. The monoisotopic (exact) mass is 267 g/mol. The summed E-state index contributed by atoms with van der Waals surface area (Å²) in [6.07, 6.45) is 0. The summed E-state index contributed by atoms with van der Waals surface area (Å²) in [6, 6.07) is 4.81. The van der Waals surface area contributed by atoms with Crippen molar-refractivity contribution in [3.8, 4) is 11.5 Å². The second-order valence-electron chi connectivity index (χ2n) is 4.36. The number of likely N-dealkylation sites (N-methyl/N-ethyl adjacent to an activating group) is 1. The van der Waals surface area contributed by atoms with Crippen LogP contribution >= 0.6 is 0 Å². The molecule has 0 atom stereocenters. The fourth-order valence-corrected chi connectivity index (χ4v) is 1.64. The van der Waals surface area contributed by atoms with Crippen molar-refractivity contribution in [3.63, 3.8) is 0 Å². The zero-order valence-electron chi connectivity index (χ0n) is 11.7. The molecular formula is C14H21NO4. The van der Waals surface area contributed by atoms with E-state index in [1.807, 2.05) is 6.92 Å². The Morgan fingerprint density at radius 3 is 2.68 bits per heavy atom. The van der Waals surface area contributed by atoms with Gasteiger partial charge in [0.05, 0.1) is 13.2 Å². The van der Waals surface area contributed by atoms with E-state index in [1.165, 1.54) is 6.07 Å². The molecule has 0 bridgehead atoms. The molecule has 0 amide bonds. The van der Waals surface area contributed by atoms with E-state index in [0.717, 1.165) is 0 Å². The Morgan fingerprint density at radius 1 is 1.32 bits per heavy atom. The number of carbonyl (C=O) groups is 1. The highest BCUT2D eigenvalue weighted by molar-refractivity contribution is 6.02. The van der Waals surface area contributed by atoms with Crippen molar-refractivity contribution in [3.05, 3.63) is 23.8 Å². The molecule has 5 nitrogen and oxygen atoms in total. The van der Waals surface area contributed by atoms with Crippen LogP contribution in [0.5, 0.6) is 11.5 Å². The molecule has 0 aliphatic heterocycles. The second kappa shape index (κ2) is 7.76. The van der Waals surface area contributed by atoms with E-state index in [9.17, 15) is 9.90 Å². The first-order chi connectivity index (χ1) is 9.06. The van der Waals surface area contributed by atoms with Gasteiger partial charge in [-0.15, -0.1) is 0 Å². The average molecular weight is 267 g/mol. The van der Waals surface area contributed by atoms with Gasteiger partial charge in [-0.1, -0.05) is 6.07 Å². The zero-order chi connectivity index (χ0) is 14.3. The maximum absolute atomic E-state index is 12.1. The molecular weight excluding hydrogens is 246 g/mol. The van der Waals surface area contributed by atoms with Crippen LogP contribution in [0.1, 0.15) is 17.3 Å². The number of hydrogen-bond donors (Lipinski definition) is 1. The summed E-state index contributed by atoms with van der Waals surface area (Å²) in [6.45, 7) is 3.54. The molecule has 1 aromatic rings. The topological polar surface area (TPSA) is 59.0 Å². The Labute approximate surface area is 113 Å². The van der Waals surface area contributed by atoms with Crippen LogP contribution < -0.4 is 4.74 Å². The number of Topliss-reactive ketones (excluding diaryl/α,β-unsaturated/α-hetero) is 1. The second-order valence-corrected chi connectivity index (χ2v) is 4.36. The minimum Gasteiger partial charge on any atom is -0.507 e. The Kier molecular flexibility index (Phi) is 6.32. The fourth-order valence-electron chi connectivity index (χ4n) is 1.64. The molecule has 1 N–H and O–H groups in total. The number of nitrogens with zero attached hydrogens (tertiary/aromatic N) is 1. The van der Waals surface area contributed by atoms with Gasteiger partial charge in [0, 0.05) is 6.61 Å². The van der Waals surface area contributed by atoms with E-state index in [2.05, 4.69) is 0 Å². The van der Waals surface area contributed by atoms with Gasteiger partial charge < -0.3 is 19.5 Å². The Morgan fingerprint density at radius 2 is 2.05 bits per heavy atom. The van der Waals surface area contributed by atoms with Gasteiger partial charge in [0.1, 0.15) is 23.7 Å². The molecule has 0 heterocycles. The van der Waals surface area contributed by atoms with E-state index in [4.69, 9.17) is 9.47 Å². The lowest BCUT2D eigenvalue weighted by atomic mass is 10.1. The van der Waals surface area contributed by atoms with Gasteiger partial charge in [-0.25, -0.2) is 0 Å². The van der Waals surface area contributed by atoms with E-state index in [0.29, 0.717) is 25.6 Å². The lowest BCUT2D eigenvalue weighted by Crippen LogP contribution is -2.22. The van der Waals surface area contributed by atoms with Crippen LogP contribution in [-0.4, -0.2) is 56.3 Å². The number of ketones is 1. The van der Waals surface area contributed by atoms with Crippen LogP contribution in [0.15, 0.2) is 18.2 Å². The van der Waals surface area contributed by atoms with Crippen molar-refractivity contribution in [2.45, 2.75) is 6.92 Å². The summed E-state index contributed by atoms with van der Waals surface area (Å²) in [4.78, 5) is 13.8. The van der Waals surface area contributed by atoms with Crippen LogP contribution in [-0.2, 0) is 4.74 Å². The fraction of sp³-hybridized carbons (Fsp3) is 0.500. The quantitative estimate of drug-likeness (QED) is 0.572. The van der Waals surface area contributed by atoms with Crippen LogP contribution in [0.25, 0.3) is 0 Å². The first kappa shape index (κ1) is 15.5. The van der Waals surface area contributed by atoms with Gasteiger partial charge in [-0.2, -0.15) is 0 Å². The van der Waals surface area contributed by atoms with Crippen molar-refractivity contribution in [2.24, 2.45) is 0 Å². The summed E-state index contributed by atoms with van der Waals surface area (Å²) in [5.41, 5.74) is 0.229. The van der Waals surface area contributed by atoms with E-state index >= 15 is 0 Å². The normalized spacial score (nSPS) is 10.7. The lowest BCUT2D eigenvalue weighted by molar-refractivity contribution is 0.0937. The number of rotatable bonds is 8. The molecule has 0 radical (unpaired) electrons. The maximum Gasteiger partial charge on any atom is 0.184 e. The molecule has 106 valence electrons. The molecule has 0 unspecified atom stereocenters. The van der Waals surface area contributed by atoms with Crippen LogP contribution in [0.2, 0.25) is 0 Å². The van der Waals surface area contributed by atoms with Gasteiger partial charge in [-0.05, 0) is 33.2 Å². The molecule has 0 aliphatic rings. The largest absolute Gasteiger partial charge is 0.507 e. The number of benzene rings is 1. The van der Waals surface area contributed by atoms with Crippen LogP contribution in [0.3, 0.4) is 0 Å². The SMILES string of the molecule is CCOCCOc1cccc(O)c1C(=O)CN(C)C. The van der Waals surface area contributed by atoms with Gasteiger partial charge >= 0.3 is 0 Å². The number of ether oxygens (including phenoxy) is 2. The van der Waals surface area contributed by atoms with Gasteiger partial charge in [0.15, 0.2) is 5.78 Å². The number of hydrogen-bond acceptors (Lipinski definition) is 5. The van der Waals surface area contributed by atoms with E-state index in [1.54, 1.807) is 31.1 Å². The van der Waals surface area contributed by atoms with Crippen molar-refractivity contribution in [1.29, 1.82) is 0 Å². The van der Waals surface area contributed by atoms with Gasteiger partial charge in [-0.3, -0.25) is 4.79 Å². The van der Waals surface area contributed by atoms with Crippen LogP contribution in [0.4, 0.5) is 0 Å². The predicted octanol–water partition coefficient (Wildman–Crippen LogP) is 1.55. The number of carbonyl (C=O) groups excluding carboxylic acids is 1. The highest BCUT2D eigenvalue weighted by Gasteiger charge is 2.17. The van der Waals surface area contributed by atoms with Crippen molar-refractivity contribution >= 4 is 5.78 Å². The summed E-state index contributed by atoms with van der Waals surface area (Å²) in [5.74, 6) is 0.168. The van der Waals surface area contributed by atoms with E-state index < -0.39 is 0 Å². The zero-order valence-corrected chi connectivity index (χ0v) is 11.7. The lowest BCUT2D eigenvalue weighted by Gasteiger charge is -2.14. The summed E-state index contributed by atoms with van der Waals surface area (Å²) < 4.78 is 10.7. The molecule has 19 heavy (non-hydrogen) atoms. The predicted molar refractivity (Wildman–Crippen MR) is 73.0 cm³/mol. The number of aromatic hydroxyl groups is 1. The first-order valence-electron chi connectivity index (χ1n) is 6.26. The Hall–Kier alpha value is -1.59. The molecule has 0 aliphatic carbocycles. The summed E-state index contributed by atoms with van der Waals surface area (Å²) in [5, 5.41) is 9.83. The Bertz CT molecular complexity index is 418. The van der Waals surface area contributed by atoms with Crippen molar-refractivity contribution in [2.75, 3.05) is 40.5 Å². The number of phenolic OH excluding ortho intramolecular Hbond substituents is 1. The van der Waals surface area contributed by atoms with Crippen LogP contribution in [0, 0.1) is 0 Å². The van der Waals surface area contributed by atoms with Crippen molar-refractivity contribution < 1.29 is 19.4 Å². The summed E-state index contributed by atoms with van der Waals surface area (Å²) >= 11 is 0. The molecule has 0 aromatic heterocycles. The molecule has 1 rings (SSSR count). The Balaban J connectivity index is 2.80. The van der Waals surface area contributed by atoms with Gasteiger partial charge in [0.25, 0.3) is 0 Å². The number of phenols is 1. The minimum atomic E-state index is -0.172. The van der Waals surface area contributed by atoms with E-state index in [-0.39, 0.29) is 23.6 Å². The molecule has 0 saturated carbocycles. The first-order valence-corrected chi connectivity index (χ1v) is 6.26. The summed E-state index contributed by atoms with van der Waals surface area (Å²) in [7, 11) is 3.60. The highest BCUT2D eigenvalue weighted by Crippen LogP contribution is 2.28. The maximum atomic E-state index is 12.1. The minimum absolute atomic E-state index is 0.0549.